The van der Waals surface area contributed by atoms with Crippen LogP contribution in [-0.2, 0) is 4.74 Å². The normalized spacial score (nSPS) is 16.5. The number of anilines is 1. The standard InChI is InChI=1S/C23H28N2O4S/c1-3-16(2)29-18-9-6-8-17(14-18)22(26)25-23(30)24-20-11-4-5-12-21(20)28-15-19-10-7-13-27-19/h4-6,8-9,11-12,14,16,19H,3,7,10,13,15H2,1-2H3,(H2,24,25,26,30). The first kappa shape index (κ1) is 22.1. The molecule has 6 nitrogen and oxygen atoms in total. The van der Waals surface area contributed by atoms with E-state index < -0.39 is 0 Å². The van der Waals surface area contributed by atoms with E-state index >= 15 is 0 Å². The number of benzene rings is 2. The van der Waals surface area contributed by atoms with Gasteiger partial charge in [-0.3, -0.25) is 10.1 Å². The average Bonchev–Trinajstić information content (AvgIpc) is 3.27. The molecule has 0 radical (unpaired) electrons. The number of para-hydroxylation sites is 2. The number of hydrogen-bond donors (Lipinski definition) is 2. The number of rotatable bonds is 8. The van der Waals surface area contributed by atoms with Crippen LogP contribution in [0, 0.1) is 0 Å². The molecular weight excluding hydrogens is 400 g/mol. The van der Waals surface area contributed by atoms with Gasteiger partial charge < -0.3 is 19.5 Å². The zero-order valence-corrected chi connectivity index (χ0v) is 18.2. The quantitative estimate of drug-likeness (QED) is 0.602. The largest absolute Gasteiger partial charge is 0.491 e. The lowest BCUT2D eigenvalue weighted by Crippen LogP contribution is -2.34. The summed E-state index contributed by atoms with van der Waals surface area (Å²) in [5.41, 5.74) is 1.16. The lowest BCUT2D eigenvalue weighted by molar-refractivity contribution is 0.0682. The van der Waals surface area contributed by atoms with E-state index in [1.807, 2.05) is 44.2 Å². The molecule has 2 aromatic rings. The van der Waals surface area contributed by atoms with E-state index in [9.17, 15) is 4.79 Å². The van der Waals surface area contributed by atoms with Gasteiger partial charge in [0, 0.05) is 12.2 Å². The Labute approximate surface area is 182 Å². The highest BCUT2D eigenvalue weighted by molar-refractivity contribution is 7.80. The van der Waals surface area contributed by atoms with E-state index in [1.165, 1.54) is 0 Å². The van der Waals surface area contributed by atoms with Gasteiger partial charge in [0.25, 0.3) is 5.91 Å². The Balaban J connectivity index is 1.57. The van der Waals surface area contributed by atoms with Crippen LogP contribution >= 0.6 is 12.2 Å². The van der Waals surface area contributed by atoms with Crippen LogP contribution in [0.5, 0.6) is 11.5 Å². The molecule has 0 saturated carbocycles. The van der Waals surface area contributed by atoms with Crippen LogP contribution in [0.4, 0.5) is 5.69 Å². The molecule has 1 heterocycles. The fourth-order valence-electron chi connectivity index (χ4n) is 3.01. The number of ether oxygens (including phenoxy) is 3. The van der Waals surface area contributed by atoms with Crippen molar-refractivity contribution in [3.8, 4) is 11.5 Å². The predicted octanol–water partition coefficient (Wildman–Crippen LogP) is 4.55. The molecule has 0 aromatic heterocycles. The van der Waals surface area contributed by atoms with Crippen molar-refractivity contribution >= 4 is 28.9 Å². The van der Waals surface area contributed by atoms with Crippen LogP contribution in [0.15, 0.2) is 48.5 Å². The Morgan fingerprint density at radius 1 is 1.27 bits per heavy atom. The van der Waals surface area contributed by atoms with Crippen molar-refractivity contribution in [3.05, 3.63) is 54.1 Å². The predicted molar refractivity (Wildman–Crippen MR) is 121 cm³/mol. The molecule has 1 aliphatic rings. The van der Waals surface area contributed by atoms with Gasteiger partial charge in [-0.25, -0.2) is 0 Å². The molecule has 0 bridgehead atoms. The highest BCUT2D eigenvalue weighted by atomic mass is 32.1. The molecule has 1 fully saturated rings. The molecule has 3 rings (SSSR count). The number of carbonyl (C=O) groups excluding carboxylic acids is 1. The summed E-state index contributed by atoms with van der Waals surface area (Å²) >= 11 is 5.33. The highest BCUT2D eigenvalue weighted by Gasteiger charge is 2.17. The first-order chi connectivity index (χ1) is 14.5. The molecule has 30 heavy (non-hydrogen) atoms. The monoisotopic (exact) mass is 428 g/mol. The van der Waals surface area contributed by atoms with E-state index in [0.717, 1.165) is 25.9 Å². The van der Waals surface area contributed by atoms with E-state index in [4.69, 9.17) is 26.4 Å². The van der Waals surface area contributed by atoms with E-state index in [0.29, 0.717) is 29.4 Å². The summed E-state index contributed by atoms with van der Waals surface area (Å²) in [6, 6.07) is 14.5. The van der Waals surface area contributed by atoms with Gasteiger partial charge in [0.2, 0.25) is 0 Å². The summed E-state index contributed by atoms with van der Waals surface area (Å²) in [4.78, 5) is 12.6. The summed E-state index contributed by atoms with van der Waals surface area (Å²) in [5.74, 6) is 1.01. The molecule has 1 saturated heterocycles. The molecule has 0 aliphatic carbocycles. The van der Waals surface area contributed by atoms with E-state index in [-0.39, 0.29) is 23.2 Å². The number of nitrogens with one attached hydrogen (secondary N) is 2. The SMILES string of the molecule is CCC(C)Oc1cccc(C(=O)NC(=S)Nc2ccccc2OCC2CCCO2)c1. The Morgan fingerprint density at radius 2 is 2.10 bits per heavy atom. The summed E-state index contributed by atoms with van der Waals surface area (Å²) in [7, 11) is 0. The Kier molecular flexibility index (Phi) is 8.04. The average molecular weight is 429 g/mol. The molecule has 2 unspecified atom stereocenters. The molecule has 1 aliphatic heterocycles. The summed E-state index contributed by atoms with van der Waals surface area (Å²) < 4.78 is 17.3. The first-order valence-corrected chi connectivity index (χ1v) is 10.7. The fourth-order valence-corrected chi connectivity index (χ4v) is 3.21. The van der Waals surface area contributed by atoms with Gasteiger partial charge >= 0.3 is 0 Å². The molecule has 2 aromatic carbocycles. The van der Waals surface area contributed by atoms with Gasteiger partial charge in [-0.2, -0.15) is 0 Å². The van der Waals surface area contributed by atoms with Crippen molar-refractivity contribution in [2.24, 2.45) is 0 Å². The summed E-state index contributed by atoms with van der Waals surface area (Å²) in [6.45, 7) is 5.31. The molecule has 0 spiro atoms. The number of carbonyl (C=O) groups is 1. The number of amides is 1. The van der Waals surface area contributed by atoms with Crippen molar-refractivity contribution in [2.75, 3.05) is 18.5 Å². The maximum Gasteiger partial charge on any atom is 0.257 e. The Morgan fingerprint density at radius 3 is 2.87 bits per heavy atom. The molecule has 160 valence electrons. The third kappa shape index (κ3) is 6.43. The molecule has 7 heteroatoms. The Hall–Kier alpha value is -2.64. The minimum Gasteiger partial charge on any atom is -0.491 e. The number of hydrogen-bond acceptors (Lipinski definition) is 5. The maximum absolute atomic E-state index is 12.6. The van der Waals surface area contributed by atoms with Crippen LogP contribution in [0.1, 0.15) is 43.5 Å². The second kappa shape index (κ2) is 10.9. The van der Waals surface area contributed by atoms with Crippen LogP contribution in [0.25, 0.3) is 0 Å². The van der Waals surface area contributed by atoms with Crippen molar-refractivity contribution in [1.82, 2.24) is 5.32 Å². The van der Waals surface area contributed by atoms with Crippen molar-refractivity contribution < 1.29 is 19.0 Å². The van der Waals surface area contributed by atoms with Gasteiger partial charge in [-0.15, -0.1) is 0 Å². The minimum atomic E-state index is -0.306. The molecule has 2 N–H and O–H groups in total. The van der Waals surface area contributed by atoms with Gasteiger partial charge in [-0.05, 0) is 68.7 Å². The molecular formula is C23H28N2O4S. The topological polar surface area (TPSA) is 68.8 Å². The lowest BCUT2D eigenvalue weighted by Gasteiger charge is -2.16. The van der Waals surface area contributed by atoms with Crippen molar-refractivity contribution in [1.29, 1.82) is 0 Å². The fraction of sp³-hybridized carbons (Fsp3) is 0.391. The van der Waals surface area contributed by atoms with Gasteiger partial charge in [0.15, 0.2) is 5.11 Å². The van der Waals surface area contributed by atoms with E-state index in [1.54, 1.807) is 18.2 Å². The maximum atomic E-state index is 12.6. The lowest BCUT2D eigenvalue weighted by atomic mass is 10.2. The molecule has 1 amide bonds. The zero-order valence-electron chi connectivity index (χ0n) is 17.4. The smallest absolute Gasteiger partial charge is 0.257 e. The third-order valence-corrected chi connectivity index (χ3v) is 5.02. The zero-order chi connectivity index (χ0) is 21.3. The van der Waals surface area contributed by atoms with E-state index in [2.05, 4.69) is 10.6 Å². The highest BCUT2D eigenvalue weighted by Crippen LogP contribution is 2.25. The first-order valence-electron chi connectivity index (χ1n) is 10.3. The minimum absolute atomic E-state index is 0.0807. The third-order valence-electron chi connectivity index (χ3n) is 4.82. The second-order valence-corrected chi connectivity index (χ2v) is 7.62. The van der Waals surface area contributed by atoms with Crippen LogP contribution in [-0.4, -0.2) is 36.4 Å². The van der Waals surface area contributed by atoms with Crippen LogP contribution in [0.3, 0.4) is 0 Å². The van der Waals surface area contributed by atoms with Crippen molar-refractivity contribution in [2.45, 2.75) is 45.3 Å². The second-order valence-electron chi connectivity index (χ2n) is 7.21. The number of thiocarbonyl (C=S) groups is 1. The van der Waals surface area contributed by atoms with Gasteiger partial charge in [0.1, 0.15) is 18.1 Å². The van der Waals surface area contributed by atoms with Crippen LogP contribution < -0.4 is 20.1 Å². The summed E-state index contributed by atoms with van der Waals surface area (Å²) in [5, 5.41) is 5.95. The Bertz CT molecular complexity index is 868. The van der Waals surface area contributed by atoms with Crippen LogP contribution in [0.2, 0.25) is 0 Å². The van der Waals surface area contributed by atoms with Gasteiger partial charge in [-0.1, -0.05) is 25.1 Å². The van der Waals surface area contributed by atoms with Crippen molar-refractivity contribution in [3.63, 3.8) is 0 Å². The molecule has 2 atom stereocenters. The summed E-state index contributed by atoms with van der Waals surface area (Å²) in [6.07, 6.45) is 3.16. The van der Waals surface area contributed by atoms with Gasteiger partial charge in [0.05, 0.1) is 17.9 Å².